The van der Waals surface area contributed by atoms with Crippen LogP contribution in [0.1, 0.15) is 83.4 Å². The third-order valence-electron chi connectivity index (χ3n) is 11.7. The van der Waals surface area contributed by atoms with Crippen LogP contribution >= 0.6 is 0 Å². The fraction of sp³-hybridized carbons (Fsp3) is 0.400. The van der Waals surface area contributed by atoms with E-state index >= 15 is 0 Å². The first kappa shape index (κ1) is 44.3. The number of aryl methyl sites for hydroxylation is 2. The minimum absolute atomic E-state index is 0.123. The number of rotatable bonds is 12. The third kappa shape index (κ3) is 9.19. The van der Waals surface area contributed by atoms with Gasteiger partial charge in [-0.1, -0.05) is 19.1 Å². The van der Waals surface area contributed by atoms with E-state index in [1.54, 1.807) is 57.1 Å². The van der Waals surface area contributed by atoms with E-state index in [1.165, 1.54) is 0 Å². The molecule has 3 aliphatic rings. The van der Waals surface area contributed by atoms with Crippen molar-refractivity contribution in [2.24, 2.45) is 10.7 Å². The molecule has 2 unspecified atom stereocenters. The molecule has 6 heterocycles. The highest BCUT2D eigenvalue weighted by atomic mass is 16.5. The van der Waals surface area contributed by atoms with E-state index < -0.39 is 29.7 Å². The number of benzene rings is 2. The second-order valence-corrected chi connectivity index (χ2v) is 16.1. The van der Waals surface area contributed by atoms with E-state index in [4.69, 9.17) is 25.2 Å². The lowest BCUT2D eigenvalue weighted by molar-refractivity contribution is -0.142. The van der Waals surface area contributed by atoms with Gasteiger partial charge in [-0.15, -0.1) is 0 Å². The molecule has 1 fully saturated rings. The van der Waals surface area contributed by atoms with Crippen molar-refractivity contribution in [1.82, 2.24) is 39.1 Å². The molecule has 20 nitrogen and oxygen atoms in total. The average molecular weight is 889 g/mol. The molecule has 3 aromatic heterocycles. The summed E-state index contributed by atoms with van der Waals surface area (Å²) in [4.78, 5) is 81.7. The van der Waals surface area contributed by atoms with Crippen LogP contribution in [-0.2, 0) is 29.2 Å². The lowest BCUT2D eigenvalue weighted by Gasteiger charge is -2.21. The van der Waals surface area contributed by atoms with Crippen molar-refractivity contribution in [1.29, 1.82) is 0 Å². The molecule has 4 amide bonds. The molecule has 2 aromatic carbocycles. The lowest BCUT2D eigenvalue weighted by Crippen LogP contribution is -2.41. The van der Waals surface area contributed by atoms with Gasteiger partial charge in [0.15, 0.2) is 0 Å². The molecular formula is C45H52N12O8. The molecule has 0 bridgehead atoms. The van der Waals surface area contributed by atoms with Crippen molar-refractivity contribution < 1.29 is 38.6 Å². The highest BCUT2D eigenvalue weighted by molar-refractivity contribution is 6.12. The Bertz CT molecular complexity index is 2810. The molecule has 6 N–H and O–H groups in total. The Morgan fingerprint density at radius 1 is 0.831 bits per heavy atom. The maximum Gasteiger partial charge on any atom is 0.320 e. The number of imidazole rings is 2. The van der Waals surface area contributed by atoms with Gasteiger partial charge in [0, 0.05) is 61.6 Å². The molecule has 5 aromatic rings. The molecule has 65 heavy (non-hydrogen) atoms. The van der Waals surface area contributed by atoms with Crippen LogP contribution in [0.15, 0.2) is 59.1 Å². The maximum atomic E-state index is 13.9. The minimum atomic E-state index is -0.878. The fourth-order valence-corrected chi connectivity index (χ4v) is 8.58. The van der Waals surface area contributed by atoms with Crippen LogP contribution in [0.3, 0.4) is 0 Å². The maximum absolute atomic E-state index is 13.9. The summed E-state index contributed by atoms with van der Waals surface area (Å²) in [6.45, 7) is 9.80. The number of aromatic nitrogens is 6. The zero-order valence-electron chi connectivity index (χ0n) is 36.7. The van der Waals surface area contributed by atoms with Gasteiger partial charge < -0.3 is 34.8 Å². The van der Waals surface area contributed by atoms with Crippen molar-refractivity contribution >= 4 is 69.3 Å². The molecule has 0 radical (unpaired) electrons. The van der Waals surface area contributed by atoms with Crippen LogP contribution < -0.4 is 31.2 Å². The Morgan fingerprint density at radius 2 is 1.46 bits per heavy atom. The van der Waals surface area contributed by atoms with Crippen molar-refractivity contribution in [3.05, 3.63) is 76.6 Å². The van der Waals surface area contributed by atoms with E-state index in [1.807, 2.05) is 37.8 Å². The number of aliphatic carboxylic acids is 1. The molecule has 340 valence electrons. The Balaban J connectivity index is 1.16. The second-order valence-electron chi connectivity index (χ2n) is 16.1. The number of carboxylic acid groups (broad SMARTS) is 1. The molecule has 0 saturated carbocycles. The molecule has 8 rings (SSSR count). The summed E-state index contributed by atoms with van der Waals surface area (Å²) in [5, 5.41) is 22.9. The smallest absolute Gasteiger partial charge is 0.320 e. The molecular weight excluding hydrogens is 837 g/mol. The number of carbonyl (C=O) groups is 5. The number of carbonyl (C=O) groups excluding carboxylic acids is 4. The van der Waals surface area contributed by atoms with Gasteiger partial charge in [0.25, 0.3) is 17.7 Å². The quantitative estimate of drug-likeness (QED) is 0.111. The Kier molecular flexibility index (Phi) is 12.8. The number of anilines is 2. The van der Waals surface area contributed by atoms with E-state index in [-0.39, 0.29) is 67.8 Å². The summed E-state index contributed by atoms with van der Waals surface area (Å²) in [6.07, 6.45) is 7.81. The normalized spacial score (nSPS) is 18.2. The van der Waals surface area contributed by atoms with Gasteiger partial charge in [0.2, 0.25) is 17.8 Å². The molecule has 2 atom stereocenters. The third-order valence-corrected chi connectivity index (χ3v) is 11.7. The number of likely N-dealkylation sites (tertiary alicyclic amines) is 1. The number of hydrogen-bond donors (Lipinski definition) is 5. The molecule has 1 saturated heterocycles. The lowest BCUT2D eigenvalue weighted by atomic mass is 10.1. The van der Waals surface area contributed by atoms with Crippen LogP contribution in [0.2, 0.25) is 0 Å². The van der Waals surface area contributed by atoms with Crippen LogP contribution in [0.25, 0.3) is 22.1 Å². The summed E-state index contributed by atoms with van der Waals surface area (Å²) in [5.41, 5.74) is 10.2. The first-order valence-electron chi connectivity index (χ1n) is 21.8. The fourth-order valence-electron chi connectivity index (χ4n) is 8.58. The first-order valence-corrected chi connectivity index (χ1v) is 21.8. The predicted octanol–water partition coefficient (Wildman–Crippen LogP) is 4.08. The summed E-state index contributed by atoms with van der Waals surface area (Å²) in [5.74, 6) is -1.70. The number of aliphatic imine (C=N–C) groups is 1. The SMILES string of the molecule is CCC1N=C(C)C=C1C(=O)Nc1nc2cc(C(N)=O)cc3c2n1C/C=C/Cn1c(NC(=O)c2cc(C)nn2CC)nc2cc(C(=O)NCCN4CCCC4C(=O)O)cc(c21)OCCCO3. The number of hydrogen-bond acceptors (Lipinski definition) is 12. The van der Waals surface area contributed by atoms with Gasteiger partial charge in [-0.05, 0) is 83.0 Å². The van der Waals surface area contributed by atoms with Crippen LogP contribution in [0.5, 0.6) is 11.5 Å². The number of nitrogens with zero attached hydrogens (tertiary/aromatic N) is 8. The Hall–Kier alpha value is -7.35. The van der Waals surface area contributed by atoms with Crippen LogP contribution in [0.4, 0.5) is 11.9 Å². The van der Waals surface area contributed by atoms with Crippen molar-refractivity contribution in [3.63, 3.8) is 0 Å². The second kappa shape index (κ2) is 18.8. The monoisotopic (exact) mass is 888 g/mol. The Morgan fingerprint density at radius 3 is 2.08 bits per heavy atom. The predicted molar refractivity (Wildman–Crippen MR) is 242 cm³/mol. The van der Waals surface area contributed by atoms with Crippen molar-refractivity contribution in [3.8, 4) is 11.5 Å². The highest BCUT2D eigenvalue weighted by Gasteiger charge is 2.31. The van der Waals surface area contributed by atoms with Crippen molar-refractivity contribution in [2.45, 2.75) is 85.1 Å². The number of primary amides is 1. The topological polar surface area (TPSA) is 255 Å². The molecule has 20 heteroatoms. The number of carboxylic acids is 1. The summed E-state index contributed by atoms with van der Waals surface area (Å²) < 4.78 is 17.9. The van der Waals surface area contributed by atoms with E-state index in [0.29, 0.717) is 89.4 Å². The zero-order chi connectivity index (χ0) is 45.9. The summed E-state index contributed by atoms with van der Waals surface area (Å²) >= 11 is 0. The van der Waals surface area contributed by atoms with Crippen LogP contribution in [0, 0.1) is 6.92 Å². The Labute approximate surface area is 373 Å². The van der Waals surface area contributed by atoms with Gasteiger partial charge in [-0.25, -0.2) is 9.97 Å². The molecule has 0 spiro atoms. The number of ether oxygens (including phenoxy) is 2. The van der Waals surface area contributed by atoms with Gasteiger partial charge in [0.05, 0.1) is 36.0 Å². The van der Waals surface area contributed by atoms with Gasteiger partial charge >= 0.3 is 5.97 Å². The standard InChI is InChI=1S/C45H52N12O8/c1-5-30-29(19-25(3)48-30)41(60)51-44-49-31-21-27(39(46)58)23-35-37(31)55(44)14-7-8-15-56-38-32(50-45(56)52-42(61)34-20-26(4)53-57(34)6-2)22-28(24-36(38)65-18-10-17-64-35)40(59)47-12-16-54-13-9-11-33(54)43(62)63/h7-8,19-24,30,33H,5-6,9-18H2,1-4H3,(H2,46,58)(H,47,59)(H,62,63)(H,49,51,60)(H,50,52,61)/b8-7+. The average Bonchev–Trinajstić information content (AvgIpc) is 4.11. The van der Waals surface area contributed by atoms with E-state index in [2.05, 4.69) is 26.0 Å². The van der Waals surface area contributed by atoms with Gasteiger partial charge in [0.1, 0.15) is 34.3 Å². The zero-order valence-corrected chi connectivity index (χ0v) is 36.7. The number of nitrogens with two attached hydrogens (primary N) is 1. The number of nitrogens with one attached hydrogen (secondary N) is 3. The molecule has 0 aliphatic carbocycles. The molecule has 3 aliphatic heterocycles. The summed E-state index contributed by atoms with van der Waals surface area (Å²) in [6, 6.07) is 7.17. The van der Waals surface area contributed by atoms with E-state index in [9.17, 15) is 29.1 Å². The summed E-state index contributed by atoms with van der Waals surface area (Å²) in [7, 11) is 0. The number of allylic oxidation sites excluding steroid dienone is 3. The van der Waals surface area contributed by atoms with E-state index in [0.717, 1.165) is 12.1 Å². The van der Waals surface area contributed by atoms with Gasteiger partial charge in [-0.3, -0.25) is 49.2 Å². The largest absolute Gasteiger partial charge is 0.491 e. The minimum Gasteiger partial charge on any atom is -0.491 e. The number of amides is 4. The van der Waals surface area contributed by atoms with Gasteiger partial charge in [-0.2, -0.15) is 5.10 Å². The van der Waals surface area contributed by atoms with Crippen molar-refractivity contribution in [2.75, 3.05) is 43.5 Å². The highest BCUT2D eigenvalue weighted by Crippen LogP contribution is 2.34. The van der Waals surface area contributed by atoms with Crippen LogP contribution in [-0.4, -0.2) is 119 Å². The first-order chi connectivity index (χ1) is 31.3.